The van der Waals surface area contributed by atoms with Crippen molar-refractivity contribution in [3.63, 3.8) is 0 Å². The highest BCUT2D eigenvalue weighted by atomic mass is 16.7. The van der Waals surface area contributed by atoms with Crippen LogP contribution in [0, 0.1) is 0 Å². The molecule has 0 bridgehead atoms. The van der Waals surface area contributed by atoms with Crippen LogP contribution < -0.4 is 5.32 Å². The molecule has 1 aliphatic heterocycles. The minimum absolute atomic E-state index is 0.266. The number of rotatable bonds is 41. The molecule has 0 saturated carbocycles. The maximum atomic E-state index is 13.1. The molecule has 8 N–H and O–H groups in total. The van der Waals surface area contributed by atoms with Crippen LogP contribution >= 0.6 is 0 Å². The van der Waals surface area contributed by atoms with Gasteiger partial charge < -0.3 is 50.5 Å². The van der Waals surface area contributed by atoms with Crippen molar-refractivity contribution in [3.8, 4) is 0 Å². The predicted molar refractivity (Wildman–Crippen MR) is 233 cm³/mol. The van der Waals surface area contributed by atoms with Crippen LogP contribution in [0.2, 0.25) is 0 Å². The van der Waals surface area contributed by atoms with Crippen molar-refractivity contribution in [1.82, 2.24) is 5.32 Å². The first-order valence-electron chi connectivity index (χ1n) is 24.4. The van der Waals surface area contributed by atoms with Gasteiger partial charge >= 0.3 is 0 Å². The van der Waals surface area contributed by atoms with E-state index in [1.165, 1.54) is 148 Å². The normalized spacial score (nSPS) is 21.8. The Bertz CT molecular complexity index is 913. The average Bonchev–Trinajstić information content (AvgIpc) is 3.22. The zero-order valence-electron chi connectivity index (χ0n) is 37.3. The Hall–Kier alpha value is -0.890. The van der Waals surface area contributed by atoms with E-state index in [0.717, 1.165) is 38.5 Å². The zero-order chi connectivity index (χ0) is 42.6. The Kier molecular flexibility index (Phi) is 36.0. The Morgan fingerprint density at radius 1 is 0.534 bits per heavy atom. The van der Waals surface area contributed by atoms with Crippen molar-refractivity contribution in [2.45, 2.75) is 281 Å². The van der Waals surface area contributed by atoms with Gasteiger partial charge in [0.1, 0.15) is 36.6 Å². The highest BCUT2D eigenvalue weighted by Crippen LogP contribution is 2.23. The van der Waals surface area contributed by atoms with Gasteiger partial charge in [0.2, 0.25) is 5.91 Å². The number of amides is 1. The number of carbonyl (C=O) groups is 1. The van der Waals surface area contributed by atoms with Gasteiger partial charge in [-0.25, -0.2) is 0 Å². The SMILES string of the molecule is CCCCCCCCCCCCCCCCCCCCCC[C@@H](O)C(=O)N[C@@H](CO[C@@H]1O[C@H](CO)[C@@H](O)[C@H](O)[C@H]1O)[C@H](O)[C@H](O)CCCCCCCCCCCCC. The molecule has 1 heterocycles. The van der Waals surface area contributed by atoms with Crippen LogP contribution in [0.15, 0.2) is 0 Å². The molecule has 1 rings (SSSR count). The summed E-state index contributed by atoms with van der Waals surface area (Å²) in [6.07, 6.45) is 27.3. The van der Waals surface area contributed by atoms with Gasteiger partial charge in [0.15, 0.2) is 6.29 Å². The molecule has 0 radical (unpaired) electrons. The number of hydrogen-bond acceptors (Lipinski definition) is 10. The lowest BCUT2D eigenvalue weighted by molar-refractivity contribution is -0.303. The molecule has 9 atom stereocenters. The number of aliphatic hydroxyl groups excluding tert-OH is 7. The quantitative estimate of drug-likeness (QED) is 0.0279. The molecule has 0 aromatic heterocycles. The molecule has 0 aromatic rings. The lowest BCUT2D eigenvalue weighted by atomic mass is 9.98. The highest BCUT2D eigenvalue weighted by Gasteiger charge is 2.44. The Morgan fingerprint density at radius 2 is 0.897 bits per heavy atom. The zero-order valence-corrected chi connectivity index (χ0v) is 37.3. The first-order chi connectivity index (χ1) is 28.2. The molecule has 0 spiro atoms. The van der Waals surface area contributed by atoms with Crippen LogP contribution in [-0.2, 0) is 14.3 Å². The van der Waals surface area contributed by atoms with Crippen LogP contribution in [0.25, 0.3) is 0 Å². The molecule has 11 heteroatoms. The summed E-state index contributed by atoms with van der Waals surface area (Å²) in [6.45, 7) is 3.44. The fourth-order valence-corrected chi connectivity index (χ4v) is 8.09. The fraction of sp³-hybridized carbons (Fsp3) is 0.979. The van der Waals surface area contributed by atoms with Gasteiger partial charge in [-0.2, -0.15) is 0 Å². The van der Waals surface area contributed by atoms with Gasteiger partial charge in [-0.1, -0.05) is 213 Å². The number of unbranched alkanes of at least 4 members (excludes halogenated alkanes) is 29. The van der Waals surface area contributed by atoms with E-state index >= 15 is 0 Å². The summed E-state index contributed by atoms with van der Waals surface area (Å²) in [4.78, 5) is 13.1. The smallest absolute Gasteiger partial charge is 0.249 e. The summed E-state index contributed by atoms with van der Waals surface area (Å²) in [5.74, 6) is -0.693. The largest absolute Gasteiger partial charge is 0.394 e. The third kappa shape index (κ3) is 27.1. The summed E-state index contributed by atoms with van der Waals surface area (Å²) >= 11 is 0. The number of nitrogens with one attached hydrogen (secondary N) is 1. The molecule has 346 valence electrons. The van der Waals surface area contributed by atoms with Gasteiger partial charge in [-0.3, -0.25) is 4.79 Å². The van der Waals surface area contributed by atoms with Crippen molar-refractivity contribution in [2.24, 2.45) is 0 Å². The molecule has 0 aromatic carbocycles. The first kappa shape index (κ1) is 55.1. The molecule has 11 nitrogen and oxygen atoms in total. The maximum Gasteiger partial charge on any atom is 0.249 e. The molecule has 0 unspecified atom stereocenters. The average molecular weight is 832 g/mol. The van der Waals surface area contributed by atoms with Crippen molar-refractivity contribution >= 4 is 5.91 Å². The number of hydrogen-bond donors (Lipinski definition) is 8. The van der Waals surface area contributed by atoms with Gasteiger partial charge in [-0.05, 0) is 12.8 Å². The molecule has 1 saturated heterocycles. The summed E-state index contributed by atoms with van der Waals surface area (Å²) in [5.41, 5.74) is 0. The van der Waals surface area contributed by atoms with Gasteiger partial charge in [0.05, 0.1) is 25.4 Å². The minimum atomic E-state index is -1.66. The first-order valence-corrected chi connectivity index (χ1v) is 24.4. The number of aliphatic hydroxyl groups is 7. The Morgan fingerprint density at radius 3 is 1.28 bits per heavy atom. The second-order valence-corrected chi connectivity index (χ2v) is 17.5. The van der Waals surface area contributed by atoms with Crippen LogP contribution in [0.3, 0.4) is 0 Å². The monoisotopic (exact) mass is 832 g/mol. The van der Waals surface area contributed by atoms with E-state index in [0.29, 0.717) is 19.3 Å². The summed E-state index contributed by atoms with van der Waals surface area (Å²) in [6, 6.07) is -1.16. The molecular weight excluding hydrogens is 739 g/mol. The molecule has 0 aliphatic carbocycles. The van der Waals surface area contributed by atoms with E-state index in [1.54, 1.807) is 0 Å². The highest BCUT2D eigenvalue weighted by molar-refractivity contribution is 5.80. The fourth-order valence-electron chi connectivity index (χ4n) is 8.09. The summed E-state index contributed by atoms with van der Waals surface area (Å²) < 4.78 is 11.1. The second kappa shape index (κ2) is 37.8. The number of carbonyl (C=O) groups excluding carboxylic acids is 1. The Labute approximate surface area is 354 Å². The van der Waals surface area contributed by atoms with Crippen LogP contribution in [0.4, 0.5) is 0 Å². The van der Waals surface area contributed by atoms with Crippen molar-refractivity contribution in [1.29, 1.82) is 0 Å². The third-order valence-electron chi connectivity index (χ3n) is 12.2. The summed E-state index contributed by atoms with van der Waals surface area (Å²) in [7, 11) is 0. The van der Waals surface area contributed by atoms with Crippen LogP contribution in [-0.4, -0.2) is 110 Å². The minimum Gasteiger partial charge on any atom is -0.394 e. The molecule has 58 heavy (non-hydrogen) atoms. The van der Waals surface area contributed by atoms with E-state index < -0.39 is 74.2 Å². The van der Waals surface area contributed by atoms with Gasteiger partial charge in [0, 0.05) is 0 Å². The molecule has 1 amide bonds. The van der Waals surface area contributed by atoms with E-state index in [-0.39, 0.29) is 6.42 Å². The van der Waals surface area contributed by atoms with Crippen molar-refractivity contribution in [3.05, 3.63) is 0 Å². The van der Waals surface area contributed by atoms with E-state index in [4.69, 9.17) is 9.47 Å². The summed E-state index contributed by atoms with van der Waals surface area (Å²) in [5, 5.41) is 75.6. The predicted octanol–water partition coefficient (Wildman–Crippen LogP) is 8.28. The maximum absolute atomic E-state index is 13.1. The van der Waals surface area contributed by atoms with Crippen molar-refractivity contribution < 1.29 is 50.0 Å². The lowest BCUT2D eigenvalue weighted by Crippen LogP contribution is -2.60. The topological polar surface area (TPSA) is 189 Å². The van der Waals surface area contributed by atoms with Gasteiger partial charge in [-0.15, -0.1) is 0 Å². The third-order valence-corrected chi connectivity index (χ3v) is 12.2. The Balaban J connectivity index is 2.37. The van der Waals surface area contributed by atoms with E-state index in [2.05, 4.69) is 19.2 Å². The number of ether oxygens (including phenoxy) is 2. The lowest BCUT2D eigenvalue weighted by Gasteiger charge is -2.40. The van der Waals surface area contributed by atoms with Crippen molar-refractivity contribution in [2.75, 3.05) is 13.2 Å². The second-order valence-electron chi connectivity index (χ2n) is 17.5. The molecule has 1 fully saturated rings. The molecular formula is C47H93NO10. The van der Waals surface area contributed by atoms with E-state index in [1.807, 2.05) is 0 Å². The van der Waals surface area contributed by atoms with Crippen LogP contribution in [0.5, 0.6) is 0 Å². The van der Waals surface area contributed by atoms with E-state index in [9.17, 15) is 40.5 Å². The van der Waals surface area contributed by atoms with Gasteiger partial charge in [0.25, 0.3) is 0 Å². The molecule has 1 aliphatic rings. The standard InChI is InChI=1S/C47H93NO10/c1-3-5-7-9-11-13-15-16-17-18-19-20-21-22-23-25-27-29-31-33-35-40(51)46(56)48-38(37-57-47-45(55)44(54)43(53)41(36-49)58-47)42(52)39(50)34-32-30-28-26-24-14-12-10-8-6-4-2/h38-45,47,49-55H,3-37H2,1-2H3,(H,48,56)/t38-,39+,40+,41+,42-,43+,44-,45+,47+/m0/s1. The van der Waals surface area contributed by atoms with Crippen LogP contribution in [0.1, 0.15) is 226 Å².